The highest BCUT2D eigenvalue weighted by Gasteiger charge is 2.51. The fourth-order valence-electron chi connectivity index (χ4n) is 4.63. The lowest BCUT2D eigenvalue weighted by molar-refractivity contribution is -0.157. The Kier molecular flexibility index (Phi) is 2.08. The second kappa shape index (κ2) is 3.23. The summed E-state index contributed by atoms with van der Waals surface area (Å²) >= 11 is 0. The standard InChI is InChI=1S/C13H20O2/c1-15-12(14)13-3-2-9-4-10(7-13)6-11(5-9)8-13/h9-11H,2-8H2,1H3/t9?,10-,11+,13?. The maximum atomic E-state index is 12.0. The van der Waals surface area contributed by atoms with E-state index in [0.29, 0.717) is 0 Å². The first-order valence-corrected chi connectivity index (χ1v) is 6.30. The quantitative estimate of drug-likeness (QED) is 0.619. The normalized spacial score (nSPS) is 47.7. The van der Waals surface area contributed by atoms with Gasteiger partial charge in [0.15, 0.2) is 0 Å². The van der Waals surface area contributed by atoms with Gasteiger partial charge >= 0.3 is 5.97 Å². The number of esters is 1. The monoisotopic (exact) mass is 208 g/mol. The number of hydrogen-bond acceptors (Lipinski definition) is 2. The van der Waals surface area contributed by atoms with Crippen molar-refractivity contribution in [3.8, 4) is 0 Å². The van der Waals surface area contributed by atoms with Crippen LogP contribution >= 0.6 is 0 Å². The zero-order valence-electron chi connectivity index (χ0n) is 9.50. The van der Waals surface area contributed by atoms with Crippen molar-refractivity contribution in [2.75, 3.05) is 7.11 Å². The predicted molar refractivity (Wildman–Crippen MR) is 57.2 cm³/mol. The third-order valence-corrected chi connectivity index (χ3v) is 5.01. The Morgan fingerprint density at radius 2 is 1.73 bits per heavy atom. The van der Waals surface area contributed by atoms with E-state index in [0.717, 1.165) is 37.0 Å². The first-order valence-electron chi connectivity index (χ1n) is 6.30. The Bertz CT molecular complexity index is 270. The summed E-state index contributed by atoms with van der Waals surface area (Å²) < 4.78 is 5.05. The Balaban J connectivity index is 1.93. The maximum absolute atomic E-state index is 12.0. The van der Waals surface area contributed by atoms with Gasteiger partial charge in [0.05, 0.1) is 12.5 Å². The highest BCUT2D eigenvalue weighted by Crippen LogP contribution is 2.57. The Morgan fingerprint density at radius 3 is 2.33 bits per heavy atom. The van der Waals surface area contributed by atoms with Gasteiger partial charge in [-0.2, -0.15) is 0 Å². The van der Waals surface area contributed by atoms with Gasteiger partial charge < -0.3 is 4.74 Å². The Hall–Kier alpha value is -0.530. The van der Waals surface area contributed by atoms with Gasteiger partial charge in [0, 0.05) is 0 Å². The lowest BCUT2D eigenvalue weighted by Gasteiger charge is -2.43. The molecule has 4 rings (SSSR count). The molecule has 0 spiro atoms. The molecular weight excluding hydrogens is 188 g/mol. The van der Waals surface area contributed by atoms with Crippen molar-refractivity contribution in [3.05, 3.63) is 0 Å². The molecule has 4 atom stereocenters. The van der Waals surface area contributed by atoms with Gasteiger partial charge in [-0.05, 0) is 62.7 Å². The summed E-state index contributed by atoms with van der Waals surface area (Å²) in [5.74, 6) is 2.65. The summed E-state index contributed by atoms with van der Waals surface area (Å²) in [6, 6.07) is 0. The molecule has 0 saturated heterocycles. The first-order chi connectivity index (χ1) is 7.22. The van der Waals surface area contributed by atoms with Crippen LogP contribution in [0.25, 0.3) is 0 Å². The predicted octanol–water partition coefficient (Wildman–Crippen LogP) is 2.77. The van der Waals surface area contributed by atoms with Crippen molar-refractivity contribution in [2.45, 2.75) is 44.9 Å². The molecule has 2 heteroatoms. The van der Waals surface area contributed by atoms with E-state index >= 15 is 0 Å². The molecule has 0 aromatic carbocycles. The molecule has 0 N–H and O–H groups in total. The molecule has 4 aliphatic carbocycles. The lowest BCUT2D eigenvalue weighted by atomic mass is 9.61. The fourth-order valence-corrected chi connectivity index (χ4v) is 4.63. The molecule has 2 nitrogen and oxygen atoms in total. The van der Waals surface area contributed by atoms with Crippen molar-refractivity contribution in [1.29, 1.82) is 0 Å². The number of fused-ring (bicyclic) bond motifs is 1. The molecule has 0 aliphatic heterocycles. The fraction of sp³-hybridized carbons (Fsp3) is 0.923. The molecule has 0 amide bonds. The van der Waals surface area contributed by atoms with Crippen LogP contribution in [-0.4, -0.2) is 13.1 Å². The number of carbonyl (C=O) groups is 1. The molecule has 4 bridgehead atoms. The van der Waals surface area contributed by atoms with E-state index in [2.05, 4.69) is 0 Å². The summed E-state index contributed by atoms with van der Waals surface area (Å²) in [5, 5.41) is 0. The summed E-state index contributed by atoms with van der Waals surface area (Å²) in [5.41, 5.74) is -0.0758. The Morgan fingerprint density at radius 1 is 1.13 bits per heavy atom. The molecule has 15 heavy (non-hydrogen) atoms. The average molecular weight is 208 g/mol. The van der Waals surface area contributed by atoms with Crippen molar-refractivity contribution in [3.63, 3.8) is 0 Å². The highest BCUT2D eigenvalue weighted by atomic mass is 16.5. The number of carbonyl (C=O) groups excluding carboxylic acids is 1. The van der Waals surface area contributed by atoms with E-state index in [-0.39, 0.29) is 11.4 Å². The van der Waals surface area contributed by atoms with Crippen LogP contribution in [0, 0.1) is 23.2 Å². The third kappa shape index (κ3) is 1.41. The number of rotatable bonds is 1. The molecule has 0 aromatic rings. The van der Waals surface area contributed by atoms with Crippen LogP contribution < -0.4 is 0 Å². The van der Waals surface area contributed by atoms with Crippen LogP contribution in [0.15, 0.2) is 0 Å². The summed E-state index contributed by atoms with van der Waals surface area (Å²) in [4.78, 5) is 12.0. The van der Waals surface area contributed by atoms with Crippen LogP contribution in [0.5, 0.6) is 0 Å². The van der Waals surface area contributed by atoms with Gasteiger partial charge in [0.1, 0.15) is 0 Å². The van der Waals surface area contributed by atoms with Gasteiger partial charge in [-0.1, -0.05) is 0 Å². The molecule has 4 fully saturated rings. The van der Waals surface area contributed by atoms with Gasteiger partial charge in [-0.15, -0.1) is 0 Å². The highest BCUT2D eigenvalue weighted by molar-refractivity contribution is 5.77. The van der Waals surface area contributed by atoms with E-state index in [4.69, 9.17) is 4.74 Å². The Labute approximate surface area is 91.4 Å². The summed E-state index contributed by atoms with van der Waals surface area (Å²) in [6.07, 6.45) is 8.75. The van der Waals surface area contributed by atoms with E-state index in [1.165, 1.54) is 25.7 Å². The summed E-state index contributed by atoms with van der Waals surface area (Å²) in [7, 11) is 1.55. The molecule has 84 valence electrons. The van der Waals surface area contributed by atoms with E-state index in [9.17, 15) is 4.79 Å². The van der Waals surface area contributed by atoms with Gasteiger partial charge in [0.2, 0.25) is 0 Å². The number of methoxy groups -OCH3 is 1. The van der Waals surface area contributed by atoms with Crippen molar-refractivity contribution >= 4 is 5.97 Å². The first kappa shape index (κ1) is 9.68. The van der Waals surface area contributed by atoms with Crippen LogP contribution in [-0.2, 0) is 9.53 Å². The molecule has 4 saturated carbocycles. The topological polar surface area (TPSA) is 26.3 Å². The largest absolute Gasteiger partial charge is 0.469 e. The van der Waals surface area contributed by atoms with Crippen molar-refractivity contribution < 1.29 is 9.53 Å². The van der Waals surface area contributed by atoms with Crippen LogP contribution in [0.3, 0.4) is 0 Å². The average Bonchev–Trinajstić information content (AvgIpc) is 2.43. The minimum absolute atomic E-state index is 0.0758. The van der Waals surface area contributed by atoms with Gasteiger partial charge in [-0.3, -0.25) is 4.79 Å². The minimum atomic E-state index is -0.0758. The second-order valence-corrected chi connectivity index (χ2v) is 6.02. The SMILES string of the molecule is COC(=O)C12CCC3C[C@H](C[C@H](C3)C1)C2. The minimum Gasteiger partial charge on any atom is -0.469 e. The number of ether oxygens (including phenoxy) is 1. The molecular formula is C13H20O2. The van der Waals surface area contributed by atoms with Crippen LogP contribution in [0.2, 0.25) is 0 Å². The zero-order valence-corrected chi connectivity index (χ0v) is 9.50. The van der Waals surface area contributed by atoms with Crippen molar-refractivity contribution in [1.82, 2.24) is 0 Å². The second-order valence-electron chi connectivity index (χ2n) is 6.02. The molecule has 4 aliphatic rings. The smallest absolute Gasteiger partial charge is 0.311 e. The third-order valence-electron chi connectivity index (χ3n) is 5.01. The van der Waals surface area contributed by atoms with Crippen molar-refractivity contribution in [2.24, 2.45) is 23.2 Å². The van der Waals surface area contributed by atoms with E-state index < -0.39 is 0 Å². The zero-order chi connectivity index (χ0) is 10.5. The molecule has 0 heterocycles. The molecule has 0 radical (unpaired) electrons. The van der Waals surface area contributed by atoms with Crippen LogP contribution in [0.1, 0.15) is 44.9 Å². The van der Waals surface area contributed by atoms with E-state index in [1.807, 2.05) is 0 Å². The van der Waals surface area contributed by atoms with E-state index in [1.54, 1.807) is 7.11 Å². The molecule has 2 unspecified atom stereocenters. The summed E-state index contributed by atoms with van der Waals surface area (Å²) in [6.45, 7) is 0. The van der Waals surface area contributed by atoms with Crippen LogP contribution in [0.4, 0.5) is 0 Å². The molecule has 0 aromatic heterocycles. The number of hydrogen-bond donors (Lipinski definition) is 0. The van der Waals surface area contributed by atoms with Gasteiger partial charge in [-0.25, -0.2) is 0 Å². The van der Waals surface area contributed by atoms with Gasteiger partial charge in [0.25, 0.3) is 0 Å². The maximum Gasteiger partial charge on any atom is 0.311 e. The lowest BCUT2D eigenvalue weighted by Crippen LogP contribution is -2.40.